The summed E-state index contributed by atoms with van der Waals surface area (Å²) in [7, 11) is 0. The van der Waals surface area contributed by atoms with Crippen LogP contribution >= 0.6 is 11.6 Å². The average Bonchev–Trinajstić information content (AvgIpc) is 2.85. The predicted molar refractivity (Wildman–Crippen MR) is 128 cm³/mol. The first kappa shape index (κ1) is 24.6. The van der Waals surface area contributed by atoms with Gasteiger partial charge in [0.1, 0.15) is 5.75 Å². The minimum Gasteiger partial charge on any atom is -0.494 e. The number of amides is 2. The zero-order valence-corrected chi connectivity index (χ0v) is 19.6. The second-order valence-electron chi connectivity index (χ2n) is 7.83. The van der Waals surface area contributed by atoms with Crippen molar-refractivity contribution < 1.29 is 22.7 Å². The van der Waals surface area contributed by atoms with Gasteiger partial charge in [-0.25, -0.2) is 4.79 Å². The van der Waals surface area contributed by atoms with Crippen molar-refractivity contribution in [3.8, 4) is 17.0 Å². The summed E-state index contributed by atoms with van der Waals surface area (Å²) in [6.45, 7) is 4.26. The van der Waals surface area contributed by atoms with E-state index in [2.05, 4.69) is 15.5 Å². The summed E-state index contributed by atoms with van der Waals surface area (Å²) in [6, 6.07) is 13.7. The molecule has 184 valence electrons. The van der Waals surface area contributed by atoms with Gasteiger partial charge in [0, 0.05) is 31.7 Å². The van der Waals surface area contributed by atoms with E-state index >= 15 is 0 Å². The van der Waals surface area contributed by atoms with Gasteiger partial charge >= 0.3 is 12.2 Å². The molecular weight excluding hydrogens is 483 g/mol. The first-order valence-corrected chi connectivity index (χ1v) is 11.4. The number of aromatic nitrogens is 2. The molecule has 2 aromatic carbocycles. The summed E-state index contributed by atoms with van der Waals surface area (Å²) >= 11 is 5.98. The zero-order valence-electron chi connectivity index (χ0n) is 18.8. The fraction of sp³-hybridized carbons (Fsp3) is 0.292. The van der Waals surface area contributed by atoms with E-state index in [1.165, 1.54) is 4.90 Å². The first-order chi connectivity index (χ1) is 16.7. The number of nitrogens with zero attached hydrogens (tertiary/aromatic N) is 4. The number of nitrogens with one attached hydrogen (secondary N) is 1. The van der Waals surface area contributed by atoms with Gasteiger partial charge in [0.05, 0.1) is 28.6 Å². The second-order valence-corrected chi connectivity index (χ2v) is 8.24. The maximum absolute atomic E-state index is 13.0. The fourth-order valence-electron chi connectivity index (χ4n) is 3.67. The fourth-order valence-corrected chi connectivity index (χ4v) is 3.83. The van der Waals surface area contributed by atoms with Crippen molar-refractivity contribution in [2.24, 2.45) is 0 Å². The minimum absolute atomic E-state index is 0.0351. The Labute approximate surface area is 205 Å². The Bertz CT molecular complexity index is 1170. The largest absolute Gasteiger partial charge is 0.494 e. The van der Waals surface area contributed by atoms with Crippen LogP contribution in [-0.4, -0.2) is 53.9 Å². The Hall–Kier alpha value is -3.53. The van der Waals surface area contributed by atoms with E-state index in [4.69, 9.17) is 16.3 Å². The molecule has 0 unspecified atom stereocenters. The monoisotopic (exact) mass is 505 g/mol. The number of halogens is 4. The Morgan fingerprint density at radius 1 is 1.03 bits per heavy atom. The second kappa shape index (κ2) is 10.4. The van der Waals surface area contributed by atoms with E-state index in [1.54, 1.807) is 0 Å². The first-order valence-electron chi connectivity index (χ1n) is 11.0. The molecule has 1 fully saturated rings. The number of hydrogen-bond donors (Lipinski definition) is 1. The summed E-state index contributed by atoms with van der Waals surface area (Å²) in [5.74, 6) is 1.47. The number of ether oxygens (including phenoxy) is 1. The number of urea groups is 1. The number of hydrogen-bond acceptors (Lipinski definition) is 5. The molecule has 1 saturated heterocycles. The van der Waals surface area contributed by atoms with Crippen molar-refractivity contribution in [2.45, 2.75) is 13.1 Å². The molecule has 2 heterocycles. The topological polar surface area (TPSA) is 70.6 Å². The highest BCUT2D eigenvalue weighted by Gasteiger charge is 2.31. The molecule has 4 rings (SSSR count). The Morgan fingerprint density at radius 3 is 2.34 bits per heavy atom. The molecule has 35 heavy (non-hydrogen) atoms. The summed E-state index contributed by atoms with van der Waals surface area (Å²) in [5.41, 5.74) is 0.689. The van der Waals surface area contributed by atoms with Crippen molar-refractivity contribution >= 4 is 29.1 Å². The molecule has 0 saturated carbocycles. The van der Waals surface area contributed by atoms with Crippen LogP contribution in [0.1, 0.15) is 12.5 Å². The van der Waals surface area contributed by atoms with Crippen LogP contribution in [0.4, 0.5) is 29.5 Å². The highest BCUT2D eigenvalue weighted by Crippen LogP contribution is 2.34. The van der Waals surface area contributed by atoms with Gasteiger partial charge in [-0.3, -0.25) is 0 Å². The van der Waals surface area contributed by atoms with Crippen molar-refractivity contribution in [1.29, 1.82) is 0 Å². The quantitative estimate of drug-likeness (QED) is 0.491. The molecule has 0 aliphatic carbocycles. The maximum atomic E-state index is 13.0. The Morgan fingerprint density at radius 2 is 1.74 bits per heavy atom. The normalized spacial score (nSPS) is 14.1. The van der Waals surface area contributed by atoms with Crippen LogP contribution in [-0.2, 0) is 6.18 Å². The summed E-state index contributed by atoms with van der Waals surface area (Å²) < 4.78 is 44.4. The highest BCUT2D eigenvalue weighted by atomic mass is 35.5. The number of rotatable bonds is 5. The standard InChI is InChI=1S/C24H23ClF3N5O2/c1-2-35-18-6-3-16(4-7-18)20-9-10-22(31-30-20)32-11-13-33(14-12-32)23(34)29-21-15-17(24(26,27)28)5-8-19(21)25/h3-10,15H,2,11-14H2,1H3,(H,29,34). The third-order valence-electron chi connectivity index (χ3n) is 5.54. The molecule has 11 heteroatoms. The lowest BCUT2D eigenvalue weighted by Crippen LogP contribution is -2.50. The van der Waals surface area contributed by atoms with Gasteiger partial charge in [-0.05, 0) is 61.5 Å². The molecule has 1 aromatic heterocycles. The van der Waals surface area contributed by atoms with E-state index in [0.717, 1.165) is 35.2 Å². The molecule has 1 aliphatic heterocycles. The lowest BCUT2D eigenvalue weighted by atomic mass is 10.1. The van der Waals surface area contributed by atoms with E-state index < -0.39 is 17.8 Å². The van der Waals surface area contributed by atoms with E-state index in [-0.39, 0.29) is 10.7 Å². The van der Waals surface area contributed by atoms with Crippen LogP contribution in [0.25, 0.3) is 11.3 Å². The van der Waals surface area contributed by atoms with Crippen LogP contribution < -0.4 is 15.0 Å². The molecule has 0 radical (unpaired) electrons. The van der Waals surface area contributed by atoms with Crippen LogP contribution in [0, 0.1) is 0 Å². The lowest BCUT2D eigenvalue weighted by Gasteiger charge is -2.35. The number of carbonyl (C=O) groups is 1. The maximum Gasteiger partial charge on any atom is 0.416 e. The third kappa shape index (κ3) is 5.94. The zero-order chi connectivity index (χ0) is 25.0. The molecule has 7 nitrogen and oxygen atoms in total. The lowest BCUT2D eigenvalue weighted by molar-refractivity contribution is -0.137. The van der Waals surface area contributed by atoms with Gasteiger partial charge < -0.3 is 19.9 Å². The van der Waals surface area contributed by atoms with Crippen LogP contribution in [0.2, 0.25) is 5.02 Å². The Balaban J connectivity index is 1.34. The molecule has 1 N–H and O–H groups in total. The smallest absolute Gasteiger partial charge is 0.416 e. The molecule has 2 amide bonds. The summed E-state index contributed by atoms with van der Waals surface area (Å²) in [6.07, 6.45) is -4.53. The van der Waals surface area contributed by atoms with Crippen molar-refractivity contribution in [1.82, 2.24) is 15.1 Å². The van der Waals surface area contributed by atoms with Crippen molar-refractivity contribution in [3.63, 3.8) is 0 Å². The number of benzene rings is 2. The van der Waals surface area contributed by atoms with Crippen LogP contribution in [0.15, 0.2) is 54.6 Å². The molecule has 0 spiro atoms. The summed E-state index contributed by atoms with van der Waals surface area (Å²) in [4.78, 5) is 16.1. The van der Waals surface area contributed by atoms with Gasteiger partial charge in [0.25, 0.3) is 0 Å². The number of alkyl halides is 3. The van der Waals surface area contributed by atoms with Crippen molar-refractivity contribution in [2.75, 3.05) is 43.0 Å². The van der Waals surface area contributed by atoms with Gasteiger partial charge in [-0.2, -0.15) is 13.2 Å². The molecular formula is C24H23ClF3N5O2. The number of carbonyl (C=O) groups excluding carboxylic acids is 1. The van der Waals surface area contributed by atoms with Gasteiger partial charge in [-0.1, -0.05) is 11.6 Å². The molecule has 0 atom stereocenters. The van der Waals surface area contributed by atoms with E-state index in [9.17, 15) is 18.0 Å². The van der Waals surface area contributed by atoms with E-state index in [1.807, 2.05) is 48.2 Å². The van der Waals surface area contributed by atoms with E-state index in [0.29, 0.717) is 38.6 Å². The van der Waals surface area contributed by atoms with Gasteiger partial charge in [0.15, 0.2) is 5.82 Å². The SMILES string of the molecule is CCOc1ccc(-c2ccc(N3CCN(C(=O)Nc4cc(C(F)(F)F)ccc4Cl)CC3)nn2)cc1. The van der Waals surface area contributed by atoms with Crippen molar-refractivity contribution in [3.05, 3.63) is 65.2 Å². The summed E-state index contributed by atoms with van der Waals surface area (Å²) in [5, 5.41) is 11.2. The minimum atomic E-state index is -4.53. The number of anilines is 2. The molecule has 0 bridgehead atoms. The van der Waals surface area contributed by atoms with Crippen LogP contribution in [0.3, 0.4) is 0 Å². The number of piperazine rings is 1. The van der Waals surface area contributed by atoms with Gasteiger partial charge in [0.2, 0.25) is 0 Å². The average molecular weight is 506 g/mol. The highest BCUT2D eigenvalue weighted by molar-refractivity contribution is 6.33. The van der Waals surface area contributed by atoms with Crippen LogP contribution in [0.5, 0.6) is 5.75 Å². The Kier molecular flexibility index (Phi) is 7.30. The molecule has 1 aliphatic rings. The van der Waals surface area contributed by atoms with Gasteiger partial charge in [-0.15, -0.1) is 10.2 Å². The predicted octanol–water partition coefficient (Wildman–Crippen LogP) is 5.57. The third-order valence-corrected chi connectivity index (χ3v) is 5.87. The molecule has 3 aromatic rings.